The van der Waals surface area contributed by atoms with Gasteiger partial charge in [0.05, 0.1) is 0 Å². The molecule has 4 N–H and O–H groups in total. The Kier molecular flexibility index (Phi) is 6.78. The molecule has 0 aromatic rings. The van der Waals surface area contributed by atoms with Crippen molar-refractivity contribution in [2.75, 3.05) is 32.8 Å². The molecule has 0 heterocycles. The van der Waals surface area contributed by atoms with Gasteiger partial charge in [0.2, 0.25) is 5.91 Å². The molecule has 3 amide bonds. The second-order valence-electron chi connectivity index (χ2n) is 4.82. The summed E-state index contributed by atoms with van der Waals surface area (Å²) < 4.78 is 5.40. The molecule has 0 radical (unpaired) electrons. The molecule has 0 aliphatic heterocycles. The molecule has 8 nitrogen and oxygen atoms in total. The third-order valence-electron chi connectivity index (χ3n) is 2.75. The van der Waals surface area contributed by atoms with E-state index in [0.29, 0.717) is 25.5 Å². The number of ether oxygens (including phenoxy) is 1. The van der Waals surface area contributed by atoms with Crippen LogP contribution in [0.15, 0.2) is 0 Å². The average Bonchev–Trinajstić information content (AvgIpc) is 3.15. The maximum absolute atomic E-state index is 11.7. The Hall–Kier alpha value is -1.83. The molecule has 0 atom stereocenters. The van der Waals surface area contributed by atoms with Crippen LogP contribution in [0.1, 0.15) is 19.3 Å². The van der Waals surface area contributed by atoms with Crippen molar-refractivity contribution in [3.8, 4) is 0 Å². The van der Waals surface area contributed by atoms with Crippen molar-refractivity contribution in [3.05, 3.63) is 0 Å². The van der Waals surface area contributed by atoms with Crippen LogP contribution in [0.5, 0.6) is 0 Å². The van der Waals surface area contributed by atoms with E-state index in [1.807, 2.05) is 0 Å². The van der Waals surface area contributed by atoms with Gasteiger partial charge in [-0.1, -0.05) is 0 Å². The first-order valence-corrected chi connectivity index (χ1v) is 6.59. The number of primary amides is 1. The number of rotatable bonds is 10. The van der Waals surface area contributed by atoms with E-state index in [4.69, 9.17) is 15.6 Å². The monoisotopic (exact) mass is 287 g/mol. The molecular weight excluding hydrogens is 266 g/mol. The number of hydrogen-bond donors (Lipinski definition) is 3. The molecule has 8 heteroatoms. The molecule has 1 aliphatic rings. The highest BCUT2D eigenvalue weighted by molar-refractivity contribution is 5.85. The van der Waals surface area contributed by atoms with Gasteiger partial charge < -0.3 is 25.8 Å². The molecule has 1 rings (SSSR count). The van der Waals surface area contributed by atoms with Crippen molar-refractivity contribution in [1.82, 2.24) is 10.2 Å². The fourth-order valence-electron chi connectivity index (χ4n) is 1.57. The summed E-state index contributed by atoms with van der Waals surface area (Å²) in [6, 6.07) is -0.617. The highest BCUT2D eigenvalue weighted by Crippen LogP contribution is 2.28. The zero-order valence-electron chi connectivity index (χ0n) is 11.3. The van der Waals surface area contributed by atoms with Gasteiger partial charge in [0.15, 0.2) is 0 Å². The Morgan fingerprint density at radius 3 is 2.55 bits per heavy atom. The molecule has 0 saturated heterocycles. The van der Waals surface area contributed by atoms with Crippen molar-refractivity contribution >= 4 is 17.9 Å². The number of nitrogens with two attached hydrogens (primary N) is 1. The summed E-state index contributed by atoms with van der Waals surface area (Å²) >= 11 is 0. The van der Waals surface area contributed by atoms with Gasteiger partial charge >= 0.3 is 12.0 Å². The van der Waals surface area contributed by atoms with Gasteiger partial charge in [-0.05, 0) is 25.2 Å². The quantitative estimate of drug-likeness (QED) is 0.462. The molecule has 0 aromatic heterocycles. The van der Waals surface area contributed by atoms with Crippen LogP contribution in [0, 0.1) is 5.92 Å². The van der Waals surface area contributed by atoms with Crippen LogP contribution < -0.4 is 11.1 Å². The standard InChI is InChI=1S/C12H21N3O5/c13-10(16)6-15(7-11(17)18)12(19)14-4-1-5-20-8-9-2-3-9/h9H,1-8H2,(H2,13,16)(H,14,19)(H,17,18). The lowest BCUT2D eigenvalue weighted by atomic mass is 10.4. The SMILES string of the molecule is NC(=O)CN(CC(=O)O)C(=O)NCCCOCC1CC1. The Labute approximate surface area is 117 Å². The van der Waals surface area contributed by atoms with E-state index in [0.717, 1.165) is 11.5 Å². The van der Waals surface area contributed by atoms with Crippen LogP contribution in [0.4, 0.5) is 4.79 Å². The number of carbonyl (C=O) groups excluding carboxylic acids is 2. The normalized spacial score (nSPS) is 13.8. The molecule has 0 aromatic carbocycles. The minimum Gasteiger partial charge on any atom is -0.480 e. The van der Waals surface area contributed by atoms with E-state index in [1.54, 1.807) is 0 Å². The number of carboxylic acid groups (broad SMARTS) is 1. The molecule has 0 bridgehead atoms. The van der Waals surface area contributed by atoms with Crippen molar-refractivity contribution in [3.63, 3.8) is 0 Å². The van der Waals surface area contributed by atoms with Gasteiger partial charge in [-0.15, -0.1) is 0 Å². The second kappa shape index (κ2) is 8.36. The van der Waals surface area contributed by atoms with Crippen LogP contribution >= 0.6 is 0 Å². The summed E-state index contributed by atoms with van der Waals surface area (Å²) in [5.74, 6) is -1.26. The lowest BCUT2D eigenvalue weighted by molar-refractivity contribution is -0.137. The minimum absolute atomic E-state index is 0.360. The maximum Gasteiger partial charge on any atom is 0.323 e. The van der Waals surface area contributed by atoms with Crippen LogP contribution in [0.3, 0.4) is 0 Å². The summed E-state index contributed by atoms with van der Waals surface area (Å²) in [7, 11) is 0. The topological polar surface area (TPSA) is 122 Å². The van der Waals surface area contributed by atoms with Gasteiger partial charge in [0, 0.05) is 19.8 Å². The number of carboxylic acids is 1. The maximum atomic E-state index is 11.7. The summed E-state index contributed by atoms with van der Waals surface area (Å²) in [6.45, 7) is 0.688. The number of carbonyl (C=O) groups is 3. The van der Waals surface area contributed by atoms with Crippen LogP contribution in [-0.2, 0) is 14.3 Å². The molecule has 1 aliphatic carbocycles. The second-order valence-corrected chi connectivity index (χ2v) is 4.82. The van der Waals surface area contributed by atoms with E-state index in [1.165, 1.54) is 12.8 Å². The van der Waals surface area contributed by atoms with E-state index in [2.05, 4.69) is 5.32 Å². The number of aliphatic carboxylic acids is 1. The zero-order valence-corrected chi connectivity index (χ0v) is 11.3. The van der Waals surface area contributed by atoms with Gasteiger partial charge in [-0.2, -0.15) is 0 Å². The van der Waals surface area contributed by atoms with Crippen molar-refractivity contribution < 1.29 is 24.2 Å². The number of amides is 3. The summed E-state index contributed by atoms with van der Waals surface area (Å²) in [5.41, 5.74) is 4.96. The largest absolute Gasteiger partial charge is 0.480 e. The van der Waals surface area contributed by atoms with E-state index >= 15 is 0 Å². The highest BCUT2D eigenvalue weighted by atomic mass is 16.5. The third-order valence-corrected chi connectivity index (χ3v) is 2.75. The van der Waals surface area contributed by atoms with Crippen molar-refractivity contribution in [1.29, 1.82) is 0 Å². The Balaban J connectivity index is 2.15. The smallest absolute Gasteiger partial charge is 0.323 e. The first-order valence-electron chi connectivity index (χ1n) is 6.59. The van der Waals surface area contributed by atoms with Gasteiger partial charge in [0.1, 0.15) is 13.1 Å². The first kappa shape index (κ1) is 16.2. The van der Waals surface area contributed by atoms with Crippen molar-refractivity contribution in [2.24, 2.45) is 11.7 Å². The Morgan fingerprint density at radius 2 is 2.00 bits per heavy atom. The van der Waals surface area contributed by atoms with Gasteiger partial charge in [-0.3, -0.25) is 9.59 Å². The van der Waals surface area contributed by atoms with E-state index < -0.39 is 31.0 Å². The van der Waals surface area contributed by atoms with Crippen LogP contribution in [-0.4, -0.2) is 60.8 Å². The summed E-state index contributed by atoms with van der Waals surface area (Å²) in [4.78, 5) is 33.9. The molecule has 114 valence electrons. The number of nitrogens with one attached hydrogen (secondary N) is 1. The third kappa shape index (κ3) is 7.57. The minimum atomic E-state index is -1.20. The Bertz CT molecular complexity index is 341. The molecular formula is C12H21N3O5. The lowest BCUT2D eigenvalue weighted by Gasteiger charge is -2.19. The average molecular weight is 287 g/mol. The van der Waals surface area contributed by atoms with Gasteiger partial charge in [0.25, 0.3) is 0 Å². The molecule has 1 saturated carbocycles. The van der Waals surface area contributed by atoms with Gasteiger partial charge in [-0.25, -0.2) is 4.79 Å². The predicted molar refractivity (Wildman–Crippen MR) is 70.0 cm³/mol. The molecule has 0 spiro atoms. The predicted octanol–water partition coefficient (Wildman–Crippen LogP) is -0.615. The summed E-state index contributed by atoms with van der Waals surface area (Å²) in [6.07, 6.45) is 3.10. The fourth-order valence-corrected chi connectivity index (χ4v) is 1.57. The van der Waals surface area contributed by atoms with Crippen LogP contribution in [0.25, 0.3) is 0 Å². The zero-order chi connectivity index (χ0) is 15.0. The van der Waals surface area contributed by atoms with Crippen LogP contribution in [0.2, 0.25) is 0 Å². The van der Waals surface area contributed by atoms with Crippen molar-refractivity contribution in [2.45, 2.75) is 19.3 Å². The Morgan fingerprint density at radius 1 is 1.30 bits per heavy atom. The molecule has 20 heavy (non-hydrogen) atoms. The van der Waals surface area contributed by atoms with E-state index in [9.17, 15) is 14.4 Å². The fraction of sp³-hybridized carbons (Fsp3) is 0.750. The number of urea groups is 1. The molecule has 0 unspecified atom stereocenters. The molecule has 1 fully saturated rings. The summed E-state index contributed by atoms with van der Waals surface area (Å²) in [5, 5.41) is 11.2. The number of nitrogens with zero attached hydrogens (tertiary/aromatic N) is 1. The number of hydrogen-bond acceptors (Lipinski definition) is 4. The lowest BCUT2D eigenvalue weighted by Crippen LogP contribution is -2.46. The van der Waals surface area contributed by atoms with E-state index in [-0.39, 0.29) is 0 Å². The highest BCUT2D eigenvalue weighted by Gasteiger charge is 2.21. The first-order chi connectivity index (χ1) is 9.49.